The van der Waals surface area contributed by atoms with Crippen LogP contribution in [-0.2, 0) is 4.74 Å². The summed E-state index contributed by atoms with van der Waals surface area (Å²) in [6.07, 6.45) is -3.14. The summed E-state index contributed by atoms with van der Waals surface area (Å²) in [5.41, 5.74) is 1.50. The van der Waals surface area contributed by atoms with Crippen LogP contribution in [0, 0.1) is 6.92 Å². The Kier molecular flexibility index (Phi) is 8.34. The lowest BCUT2D eigenvalue weighted by molar-refractivity contribution is -0.207. The second kappa shape index (κ2) is 12.1. The highest BCUT2D eigenvalue weighted by atomic mass is 16.7. The first-order valence-corrected chi connectivity index (χ1v) is 13.2. The van der Waals surface area contributed by atoms with Gasteiger partial charge in [0.05, 0.1) is 34.0 Å². The van der Waals surface area contributed by atoms with Gasteiger partial charge in [0.2, 0.25) is 6.29 Å². The number of aliphatic hydroxyl groups excluding tert-OH is 2. The van der Waals surface area contributed by atoms with Crippen LogP contribution in [0.4, 0.5) is 5.69 Å². The van der Waals surface area contributed by atoms with Gasteiger partial charge in [-0.25, -0.2) is 4.79 Å². The van der Waals surface area contributed by atoms with Crippen molar-refractivity contribution in [2.45, 2.75) is 31.8 Å². The van der Waals surface area contributed by atoms with Gasteiger partial charge in [0.1, 0.15) is 28.9 Å². The molecular weight excluding hydrogens is 546 g/mol. The molecule has 11 nitrogen and oxygen atoms in total. The molecule has 0 radical (unpaired) electrons. The first-order chi connectivity index (χ1) is 20.2. The molecule has 3 atom stereocenters. The number of anilines is 1. The minimum atomic E-state index is -1.27. The standard InChI is InChI=1S/C31H31NO10/c1-16-27-19(15-25(39-4)28(16)42-31-26(34)23(33)10-11-40-31)14-22(30(36)41-27)32-29(35)18-8-9-24(38-3)21(13-18)17-6-5-7-20(12-17)37-2/h5-9,12-15,23,26,31,33-34H,10-11H2,1-4H3,(H,32,35)/t23-,26-,31+/m1/s1. The zero-order valence-corrected chi connectivity index (χ0v) is 23.5. The van der Waals surface area contributed by atoms with E-state index in [0.717, 1.165) is 5.56 Å². The van der Waals surface area contributed by atoms with Gasteiger partial charge in [0.15, 0.2) is 11.5 Å². The van der Waals surface area contributed by atoms with Gasteiger partial charge in [-0.2, -0.15) is 0 Å². The highest BCUT2D eigenvalue weighted by Gasteiger charge is 2.34. The molecule has 5 rings (SSSR count). The molecule has 1 saturated heterocycles. The Balaban J connectivity index is 1.46. The summed E-state index contributed by atoms with van der Waals surface area (Å²) in [6, 6.07) is 15.4. The van der Waals surface area contributed by atoms with Gasteiger partial charge in [-0.15, -0.1) is 0 Å². The van der Waals surface area contributed by atoms with E-state index in [9.17, 15) is 19.8 Å². The summed E-state index contributed by atoms with van der Waals surface area (Å²) >= 11 is 0. The van der Waals surface area contributed by atoms with Crippen molar-refractivity contribution < 1.29 is 43.1 Å². The molecular formula is C31H31NO10. The van der Waals surface area contributed by atoms with Gasteiger partial charge in [0, 0.05) is 22.1 Å². The van der Waals surface area contributed by atoms with E-state index in [-0.39, 0.29) is 35.8 Å². The summed E-state index contributed by atoms with van der Waals surface area (Å²) in [4.78, 5) is 26.2. The van der Waals surface area contributed by atoms with Crippen LogP contribution in [0.5, 0.6) is 23.0 Å². The van der Waals surface area contributed by atoms with Crippen LogP contribution in [-0.4, -0.2) is 62.6 Å². The van der Waals surface area contributed by atoms with Crippen LogP contribution in [0.2, 0.25) is 0 Å². The quantitative estimate of drug-likeness (QED) is 0.264. The van der Waals surface area contributed by atoms with E-state index in [1.165, 1.54) is 13.2 Å². The lowest BCUT2D eigenvalue weighted by Crippen LogP contribution is -2.47. The number of carbonyl (C=O) groups excluding carboxylic acids is 1. The Bertz CT molecular complexity index is 1680. The molecule has 2 heterocycles. The van der Waals surface area contributed by atoms with Crippen LogP contribution < -0.4 is 29.9 Å². The lowest BCUT2D eigenvalue weighted by Gasteiger charge is -2.32. The number of rotatable bonds is 8. The fourth-order valence-electron chi connectivity index (χ4n) is 4.80. The molecule has 4 aromatic rings. The maximum atomic E-state index is 13.3. The normalized spacial score (nSPS) is 18.4. The first kappa shape index (κ1) is 28.9. The summed E-state index contributed by atoms with van der Waals surface area (Å²) < 4.78 is 33.3. The van der Waals surface area contributed by atoms with Crippen LogP contribution >= 0.6 is 0 Å². The SMILES string of the molecule is COc1cccc(-c2cc(C(=O)Nc3cc4cc(OC)c(O[C@@H]5OCC[C@@H](O)[C@H]5O)c(C)c4oc3=O)ccc2OC)c1. The van der Waals surface area contributed by atoms with Gasteiger partial charge >= 0.3 is 5.63 Å². The number of fused-ring (bicyclic) bond motifs is 1. The number of benzene rings is 3. The molecule has 0 unspecified atom stereocenters. The number of aliphatic hydroxyl groups is 2. The Morgan fingerprint density at radius 3 is 2.50 bits per heavy atom. The monoisotopic (exact) mass is 577 g/mol. The van der Waals surface area contributed by atoms with Crippen LogP contribution in [0.25, 0.3) is 22.1 Å². The van der Waals surface area contributed by atoms with E-state index in [1.807, 2.05) is 24.3 Å². The molecule has 1 aliphatic heterocycles. The second-order valence-corrected chi connectivity index (χ2v) is 9.70. The minimum absolute atomic E-state index is 0.0736. The molecule has 42 heavy (non-hydrogen) atoms. The van der Waals surface area contributed by atoms with Crippen LogP contribution in [0.15, 0.2) is 63.8 Å². The van der Waals surface area contributed by atoms with Gasteiger partial charge in [-0.3, -0.25) is 4.79 Å². The fourth-order valence-corrected chi connectivity index (χ4v) is 4.80. The maximum absolute atomic E-state index is 13.3. The van der Waals surface area contributed by atoms with Gasteiger partial charge in [-0.1, -0.05) is 12.1 Å². The number of carbonyl (C=O) groups is 1. The van der Waals surface area contributed by atoms with Crippen molar-refractivity contribution in [3.05, 3.63) is 76.1 Å². The minimum Gasteiger partial charge on any atom is -0.497 e. The van der Waals surface area contributed by atoms with E-state index in [0.29, 0.717) is 33.6 Å². The highest BCUT2D eigenvalue weighted by molar-refractivity contribution is 6.06. The number of hydrogen-bond acceptors (Lipinski definition) is 10. The molecule has 0 aliphatic carbocycles. The zero-order valence-electron chi connectivity index (χ0n) is 23.5. The smallest absolute Gasteiger partial charge is 0.360 e. The number of aryl methyl sites for hydroxylation is 1. The summed E-state index contributed by atoms with van der Waals surface area (Å²) in [6.45, 7) is 1.86. The van der Waals surface area contributed by atoms with Gasteiger partial charge < -0.3 is 43.6 Å². The van der Waals surface area contributed by atoms with Crippen molar-refractivity contribution in [3.8, 4) is 34.1 Å². The number of amides is 1. The summed E-state index contributed by atoms with van der Waals surface area (Å²) in [5.74, 6) is 1.15. The van der Waals surface area contributed by atoms with E-state index >= 15 is 0 Å². The highest BCUT2D eigenvalue weighted by Crippen LogP contribution is 2.39. The third-order valence-corrected chi connectivity index (χ3v) is 7.08. The Morgan fingerprint density at radius 2 is 1.76 bits per heavy atom. The number of nitrogens with one attached hydrogen (secondary N) is 1. The fraction of sp³-hybridized carbons (Fsp3) is 0.290. The van der Waals surface area contributed by atoms with Crippen molar-refractivity contribution in [2.75, 3.05) is 33.3 Å². The van der Waals surface area contributed by atoms with Gasteiger partial charge in [-0.05, 0) is 61.4 Å². The first-order valence-electron chi connectivity index (χ1n) is 13.2. The third kappa shape index (κ3) is 5.62. The van der Waals surface area contributed by atoms with E-state index in [1.54, 1.807) is 45.4 Å². The molecule has 1 aliphatic rings. The molecule has 3 N–H and O–H groups in total. The molecule has 1 aromatic heterocycles. The average Bonchev–Trinajstić information content (AvgIpc) is 3.01. The average molecular weight is 578 g/mol. The Morgan fingerprint density at radius 1 is 0.976 bits per heavy atom. The second-order valence-electron chi connectivity index (χ2n) is 9.70. The van der Waals surface area contributed by atoms with Crippen LogP contribution in [0.3, 0.4) is 0 Å². The Labute approximate surface area is 241 Å². The van der Waals surface area contributed by atoms with Crippen molar-refractivity contribution >= 4 is 22.6 Å². The summed E-state index contributed by atoms with van der Waals surface area (Å²) in [7, 11) is 4.55. The van der Waals surface area contributed by atoms with Crippen molar-refractivity contribution in [1.82, 2.24) is 0 Å². The lowest BCUT2D eigenvalue weighted by atomic mass is 10.0. The number of methoxy groups -OCH3 is 3. The zero-order chi connectivity index (χ0) is 30.0. The van der Waals surface area contributed by atoms with Crippen molar-refractivity contribution in [1.29, 1.82) is 0 Å². The van der Waals surface area contributed by atoms with E-state index in [2.05, 4.69) is 5.32 Å². The molecule has 1 fully saturated rings. The largest absolute Gasteiger partial charge is 0.497 e. The molecule has 1 amide bonds. The Hall–Kier alpha value is -4.58. The molecule has 0 saturated carbocycles. The maximum Gasteiger partial charge on any atom is 0.360 e. The number of ether oxygens (including phenoxy) is 5. The molecule has 0 spiro atoms. The molecule has 3 aromatic carbocycles. The van der Waals surface area contributed by atoms with Gasteiger partial charge in [0.25, 0.3) is 5.91 Å². The number of hydrogen-bond donors (Lipinski definition) is 3. The van der Waals surface area contributed by atoms with E-state index in [4.69, 9.17) is 28.1 Å². The topological polar surface area (TPSA) is 146 Å². The third-order valence-electron chi connectivity index (χ3n) is 7.08. The predicted molar refractivity (Wildman–Crippen MR) is 154 cm³/mol. The van der Waals surface area contributed by atoms with Crippen LogP contribution in [0.1, 0.15) is 22.3 Å². The molecule has 220 valence electrons. The molecule has 11 heteroatoms. The van der Waals surface area contributed by atoms with E-state index < -0.39 is 30.0 Å². The molecule has 0 bridgehead atoms. The predicted octanol–water partition coefficient (Wildman–Crippen LogP) is 3.89. The van der Waals surface area contributed by atoms with Crippen molar-refractivity contribution in [3.63, 3.8) is 0 Å². The summed E-state index contributed by atoms with van der Waals surface area (Å²) in [5, 5.41) is 23.4. The van der Waals surface area contributed by atoms with Crippen molar-refractivity contribution in [2.24, 2.45) is 0 Å².